The van der Waals surface area contributed by atoms with Gasteiger partial charge in [0, 0.05) is 24.8 Å². The summed E-state index contributed by atoms with van der Waals surface area (Å²) in [4.78, 5) is 14.8. The molecule has 2 N–H and O–H groups in total. The van der Waals surface area contributed by atoms with E-state index in [0.717, 1.165) is 37.3 Å². The zero-order chi connectivity index (χ0) is 16.8. The average Bonchev–Trinajstić information content (AvgIpc) is 3.24. The predicted octanol–water partition coefficient (Wildman–Crippen LogP) is 2.64. The molecular formula is C18H21ClN4O. The van der Waals surface area contributed by atoms with E-state index in [4.69, 9.17) is 17.3 Å². The van der Waals surface area contributed by atoms with Gasteiger partial charge in [-0.15, -0.1) is 0 Å². The summed E-state index contributed by atoms with van der Waals surface area (Å²) in [5.41, 5.74) is 8.32. The molecule has 1 aliphatic carbocycles. The molecule has 1 saturated carbocycles. The van der Waals surface area contributed by atoms with Crippen molar-refractivity contribution in [1.29, 1.82) is 0 Å². The summed E-state index contributed by atoms with van der Waals surface area (Å²) in [6, 6.07) is 9.57. The van der Waals surface area contributed by atoms with Gasteiger partial charge in [-0.25, -0.2) is 4.68 Å². The Hall–Kier alpha value is -1.85. The second-order valence-corrected chi connectivity index (χ2v) is 7.32. The molecule has 1 saturated heterocycles. The topological polar surface area (TPSA) is 64.2 Å². The summed E-state index contributed by atoms with van der Waals surface area (Å²) in [7, 11) is 0. The first-order valence-corrected chi connectivity index (χ1v) is 8.79. The number of nitrogens with two attached hydrogens (primary N) is 1. The molecule has 3 unspecified atom stereocenters. The van der Waals surface area contributed by atoms with Crippen LogP contribution in [0.4, 0.5) is 0 Å². The predicted molar refractivity (Wildman–Crippen MR) is 93.4 cm³/mol. The quantitative estimate of drug-likeness (QED) is 0.910. The highest BCUT2D eigenvalue weighted by molar-refractivity contribution is 6.32. The fourth-order valence-electron chi connectivity index (χ4n) is 4.08. The smallest absolute Gasteiger partial charge is 0.274 e. The molecule has 2 fully saturated rings. The minimum Gasteiger partial charge on any atom is -0.337 e. The number of halogens is 1. The fourth-order valence-corrected chi connectivity index (χ4v) is 4.30. The lowest BCUT2D eigenvalue weighted by Gasteiger charge is -2.17. The van der Waals surface area contributed by atoms with Crippen molar-refractivity contribution in [2.45, 2.75) is 25.8 Å². The van der Waals surface area contributed by atoms with Crippen molar-refractivity contribution in [3.8, 4) is 5.69 Å². The van der Waals surface area contributed by atoms with E-state index in [2.05, 4.69) is 5.10 Å². The third-order valence-corrected chi connectivity index (χ3v) is 5.71. The molecule has 3 atom stereocenters. The maximum absolute atomic E-state index is 12.8. The van der Waals surface area contributed by atoms with Crippen molar-refractivity contribution >= 4 is 17.5 Å². The molecule has 0 spiro atoms. The van der Waals surface area contributed by atoms with Gasteiger partial charge < -0.3 is 10.6 Å². The number of aryl methyl sites for hydroxylation is 1. The summed E-state index contributed by atoms with van der Waals surface area (Å²) < 4.78 is 1.73. The number of carbonyl (C=O) groups excluding carboxylic acids is 1. The lowest BCUT2D eigenvalue weighted by Crippen LogP contribution is -2.33. The van der Waals surface area contributed by atoms with Crippen LogP contribution in [0.15, 0.2) is 30.3 Å². The highest BCUT2D eigenvalue weighted by Crippen LogP contribution is 2.37. The van der Waals surface area contributed by atoms with Gasteiger partial charge in [0.05, 0.1) is 10.7 Å². The van der Waals surface area contributed by atoms with Crippen molar-refractivity contribution in [3.63, 3.8) is 0 Å². The molecule has 2 aliphatic rings. The van der Waals surface area contributed by atoms with Crippen LogP contribution in [0.1, 0.15) is 29.0 Å². The number of likely N-dealkylation sites (tertiary alicyclic amines) is 1. The number of benzene rings is 1. The second-order valence-electron chi connectivity index (χ2n) is 6.91. The minimum absolute atomic E-state index is 0.00879. The Balaban J connectivity index is 1.59. The summed E-state index contributed by atoms with van der Waals surface area (Å²) >= 11 is 6.26. The molecule has 6 heteroatoms. The molecule has 126 valence electrons. The van der Waals surface area contributed by atoms with Crippen molar-refractivity contribution in [2.24, 2.45) is 17.6 Å². The van der Waals surface area contributed by atoms with Gasteiger partial charge in [-0.3, -0.25) is 4.79 Å². The molecule has 2 aromatic rings. The zero-order valence-corrected chi connectivity index (χ0v) is 14.4. The van der Waals surface area contributed by atoms with Crippen LogP contribution >= 0.6 is 11.6 Å². The van der Waals surface area contributed by atoms with E-state index in [0.29, 0.717) is 22.6 Å². The van der Waals surface area contributed by atoms with Crippen LogP contribution in [-0.4, -0.2) is 39.7 Å². The summed E-state index contributed by atoms with van der Waals surface area (Å²) in [5, 5.41) is 5.12. The van der Waals surface area contributed by atoms with E-state index in [-0.39, 0.29) is 11.9 Å². The molecular weight excluding hydrogens is 324 g/mol. The number of hydrogen-bond donors (Lipinski definition) is 1. The van der Waals surface area contributed by atoms with Crippen LogP contribution in [0.2, 0.25) is 5.02 Å². The first-order chi connectivity index (χ1) is 11.5. The SMILES string of the molecule is Cc1cc(C(=O)N2CC3CCC(N)C3C2)nn1-c1ccccc1Cl. The Kier molecular flexibility index (Phi) is 3.85. The standard InChI is InChI=1S/C18H21ClN4O/c1-11-8-16(21-23(11)17-5-3-2-4-14(17)19)18(24)22-9-12-6-7-15(20)13(12)10-22/h2-5,8,12-13,15H,6-7,9-10,20H2,1H3. The Labute approximate surface area is 146 Å². The third-order valence-electron chi connectivity index (χ3n) is 5.39. The number of nitrogens with zero attached hydrogens (tertiary/aromatic N) is 3. The molecule has 0 bridgehead atoms. The average molecular weight is 345 g/mol. The summed E-state index contributed by atoms with van der Waals surface area (Å²) in [5.74, 6) is 0.988. The molecule has 1 amide bonds. The Morgan fingerprint density at radius 3 is 2.83 bits per heavy atom. The lowest BCUT2D eigenvalue weighted by molar-refractivity contribution is 0.0773. The van der Waals surface area contributed by atoms with E-state index in [9.17, 15) is 4.79 Å². The van der Waals surface area contributed by atoms with Gasteiger partial charge in [0.15, 0.2) is 5.69 Å². The van der Waals surface area contributed by atoms with Gasteiger partial charge in [-0.1, -0.05) is 23.7 Å². The number of aromatic nitrogens is 2. The monoisotopic (exact) mass is 344 g/mol. The third kappa shape index (κ3) is 2.52. The van der Waals surface area contributed by atoms with Gasteiger partial charge in [0.1, 0.15) is 0 Å². The van der Waals surface area contributed by atoms with E-state index in [1.807, 2.05) is 42.2 Å². The Bertz CT molecular complexity index is 787. The summed E-state index contributed by atoms with van der Waals surface area (Å²) in [6.45, 7) is 3.49. The van der Waals surface area contributed by atoms with Crippen LogP contribution < -0.4 is 5.73 Å². The molecule has 1 aromatic carbocycles. The number of amides is 1. The minimum atomic E-state index is -0.00879. The maximum atomic E-state index is 12.8. The molecule has 2 heterocycles. The van der Waals surface area contributed by atoms with Crippen molar-refractivity contribution in [3.05, 3.63) is 46.7 Å². The van der Waals surface area contributed by atoms with Gasteiger partial charge in [0.2, 0.25) is 0 Å². The Morgan fingerprint density at radius 2 is 2.08 bits per heavy atom. The first-order valence-electron chi connectivity index (χ1n) is 8.41. The highest BCUT2D eigenvalue weighted by atomic mass is 35.5. The zero-order valence-electron chi connectivity index (χ0n) is 13.7. The maximum Gasteiger partial charge on any atom is 0.274 e. The molecule has 1 aromatic heterocycles. The van der Waals surface area contributed by atoms with Gasteiger partial charge in [-0.2, -0.15) is 5.10 Å². The van der Waals surface area contributed by atoms with Crippen molar-refractivity contribution in [1.82, 2.24) is 14.7 Å². The first kappa shape index (κ1) is 15.7. The molecule has 1 aliphatic heterocycles. The van der Waals surface area contributed by atoms with Gasteiger partial charge in [0.25, 0.3) is 5.91 Å². The Morgan fingerprint density at radius 1 is 1.29 bits per heavy atom. The van der Waals surface area contributed by atoms with E-state index in [1.54, 1.807) is 4.68 Å². The summed E-state index contributed by atoms with van der Waals surface area (Å²) in [6.07, 6.45) is 2.21. The normalized spacial score (nSPS) is 26.0. The molecule has 4 rings (SSSR count). The van der Waals surface area contributed by atoms with Crippen LogP contribution in [0, 0.1) is 18.8 Å². The van der Waals surface area contributed by atoms with Crippen LogP contribution in [-0.2, 0) is 0 Å². The molecule has 5 nitrogen and oxygen atoms in total. The number of carbonyl (C=O) groups is 1. The van der Waals surface area contributed by atoms with E-state index < -0.39 is 0 Å². The van der Waals surface area contributed by atoms with Crippen molar-refractivity contribution < 1.29 is 4.79 Å². The van der Waals surface area contributed by atoms with Crippen LogP contribution in [0.25, 0.3) is 5.69 Å². The van der Waals surface area contributed by atoms with Gasteiger partial charge >= 0.3 is 0 Å². The molecule has 0 radical (unpaired) electrons. The second kappa shape index (κ2) is 5.90. The van der Waals surface area contributed by atoms with Crippen LogP contribution in [0.3, 0.4) is 0 Å². The lowest BCUT2D eigenvalue weighted by atomic mass is 9.98. The number of rotatable bonds is 2. The van der Waals surface area contributed by atoms with E-state index in [1.165, 1.54) is 0 Å². The highest BCUT2D eigenvalue weighted by Gasteiger charge is 2.43. The van der Waals surface area contributed by atoms with Crippen LogP contribution in [0.5, 0.6) is 0 Å². The fraction of sp³-hybridized carbons (Fsp3) is 0.444. The van der Waals surface area contributed by atoms with E-state index >= 15 is 0 Å². The number of hydrogen-bond acceptors (Lipinski definition) is 3. The van der Waals surface area contributed by atoms with Gasteiger partial charge in [-0.05, 0) is 49.8 Å². The number of para-hydroxylation sites is 1. The van der Waals surface area contributed by atoms with Crippen molar-refractivity contribution in [2.75, 3.05) is 13.1 Å². The molecule has 24 heavy (non-hydrogen) atoms. The largest absolute Gasteiger partial charge is 0.337 e. The number of fused-ring (bicyclic) bond motifs is 1.